The molecule has 72 valence electrons. The molecule has 0 amide bonds. The maximum absolute atomic E-state index is 10.6. The fraction of sp³-hybridized carbons (Fsp3) is 0.250. The van der Waals surface area contributed by atoms with Gasteiger partial charge in [-0.2, -0.15) is 4.21 Å². The molecule has 1 aromatic carbocycles. The van der Waals surface area contributed by atoms with Crippen LogP contribution >= 0.6 is 0 Å². The summed E-state index contributed by atoms with van der Waals surface area (Å²) in [6.45, 7) is 2.01. The summed E-state index contributed by atoms with van der Waals surface area (Å²) in [7, 11) is -3.50. The molecule has 1 atom stereocenters. The Kier molecular flexibility index (Phi) is 3.38. The molecule has 0 saturated carbocycles. The number of benzene rings is 1. The van der Waals surface area contributed by atoms with Crippen molar-refractivity contribution in [3.05, 3.63) is 35.4 Å². The van der Waals surface area contributed by atoms with Crippen molar-refractivity contribution < 1.29 is 12.9 Å². The molecule has 0 aromatic heterocycles. The molecule has 0 saturated heterocycles. The minimum atomic E-state index is -3.50. The fourth-order valence-electron chi connectivity index (χ4n) is 0.944. The molecule has 3 nitrogen and oxygen atoms in total. The minimum absolute atomic E-state index is 0.0700. The number of aryl methyl sites for hydroxylation is 1. The number of hydrogen-bond donors (Lipinski definition) is 1. The smallest absolute Gasteiger partial charge is 0.266 e. The third kappa shape index (κ3) is 4.33. The molecular weight excluding hydrogens is 208 g/mol. The van der Waals surface area contributed by atoms with E-state index >= 15 is 0 Å². The summed E-state index contributed by atoms with van der Waals surface area (Å²) in [4.78, 5) is 0. The van der Waals surface area contributed by atoms with Crippen molar-refractivity contribution in [2.75, 3.05) is 0 Å². The summed E-state index contributed by atoms with van der Waals surface area (Å²) < 4.78 is 23.8. The van der Waals surface area contributed by atoms with E-state index in [1.807, 2.05) is 31.2 Å². The topological polar surface area (TPSA) is 46.5 Å². The molecule has 5 heteroatoms. The lowest BCUT2D eigenvalue weighted by Gasteiger charge is -2.02. The largest absolute Gasteiger partial charge is 0.285 e. The van der Waals surface area contributed by atoms with Gasteiger partial charge in [-0.1, -0.05) is 29.8 Å². The zero-order valence-electron chi connectivity index (χ0n) is 7.10. The van der Waals surface area contributed by atoms with Gasteiger partial charge in [0.25, 0.3) is 9.05 Å². The molecule has 0 bridgehead atoms. The second kappa shape index (κ2) is 4.15. The minimum Gasteiger partial charge on any atom is -0.285 e. The van der Waals surface area contributed by atoms with Gasteiger partial charge in [-0.25, -0.2) is 0 Å². The molecule has 1 N–H and O–H groups in total. The van der Waals surface area contributed by atoms with Gasteiger partial charge in [-0.15, -0.1) is 0 Å². The molecular formula is C8H10O3S2. The molecule has 1 aromatic rings. The summed E-state index contributed by atoms with van der Waals surface area (Å²) in [6.07, 6.45) is 0. The summed E-state index contributed by atoms with van der Waals surface area (Å²) in [6, 6.07) is 7.48. The van der Waals surface area contributed by atoms with Gasteiger partial charge >= 0.3 is 0 Å². The fourth-order valence-corrected chi connectivity index (χ4v) is 1.37. The van der Waals surface area contributed by atoms with Crippen molar-refractivity contribution in [2.24, 2.45) is 0 Å². The molecule has 0 spiro atoms. The molecule has 0 aliphatic heterocycles. The van der Waals surface area contributed by atoms with Crippen molar-refractivity contribution in [2.45, 2.75) is 13.5 Å². The Morgan fingerprint density at radius 2 is 2.31 bits per heavy atom. The van der Waals surface area contributed by atoms with E-state index in [0.717, 1.165) is 11.1 Å². The van der Waals surface area contributed by atoms with Crippen LogP contribution in [0.15, 0.2) is 24.3 Å². The monoisotopic (exact) mass is 218 g/mol. The first kappa shape index (κ1) is 10.6. The van der Waals surface area contributed by atoms with Crippen LogP contribution in [0.1, 0.15) is 11.1 Å². The van der Waals surface area contributed by atoms with Crippen molar-refractivity contribution in [3.8, 4) is 0 Å². The Hall–Kier alpha value is -0.490. The van der Waals surface area contributed by atoms with E-state index in [-0.39, 0.29) is 6.61 Å². The van der Waals surface area contributed by atoms with Crippen LogP contribution in [0.3, 0.4) is 0 Å². The van der Waals surface area contributed by atoms with E-state index in [0.29, 0.717) is 0 Å². The van der Waals surface area contributed by atoms with Crippen LogP contribution < -0.4 is 0 Å². The maximum atomic E-state index is 10.6. The van der Waals surface area contributed by atoms with Crippen LogP contribution in [0.2, 0.25) is 0 Å². The Balaban J connectivity index is 2.65. The van der Waals surface area contributed by atoms with E-state index in [1.165, 1.54) is 0 Å². The molecule has 0 aliphatic carbocycles. The molecule has 13 heavy (non-hydrogen) atoms. The zero-order chi connectivity index (χ0) is 9.90. The van der Waals surface area contributed by atoms with Crippen LogP contribution in [-0.2, 0) is 31.0 Å². The normalized spacial score (nSPS) is 15.2. The van der Waals surface area contributed by atoms with E-state index in [9.17, 15) is 4.21 Å². The van der Waals surface area contributed by atoms with Crippen LogP contribution in [0, 0.1) is 6.92 Å². The third-order valence-electron chi connectivity index (χ3n) is 1.46. The molecule has 1 rings (SSSR count). The van der Waals surface area contributed by atoms with Crippen LogP contribution in [0.5, 0.6) is 0 Å². The average Bonchev–Trinajstić information content (AvgIpc) is 2.00. The van der Waals surface area contributed by atoms with Gasteiger partial charge in [-0.3, -0.25) is 8.74 Å². The first-order valence-corrected chi connectivity index (χ1v) is 6.01. The van der Waals surface area contributed by atoms with E-state index in [4.69, 9.17) is 4.55 Å². The Morgan fingerprint density at radius 3 is 2.85 bits per heavy atom. The SMILES string of the molecule is Cc1cccc(COS(=O)(O)=S)c1. The lowest BCUT2D eigenvalue weighted by molar-refractivity contribution is 0.294. The molecule has 0 fully saturated rings. The van der Waals surface area contributed by atoms with Gasteiger partial charge in [0.05, 0.1) is 6.61 Å². The summed E-state index contributed by atoms with van der Waals surface area (Å²) in [5.74, 6) is 0. The first-order valence-electron chi connectivity index (χ1n) is 3.65. The highest BCUT2D eigenvalue weighted by atomic mass is 32.9. The van der Waals surface area contributed by atoms with Gasteiger partial charge < -0.3 is 0 Å². The lowest BCUT2D eigenvalue weighted by atomic mass is 10.1. The van der Waals surface area contributed by atoms with Gasteiger partial charge in [0.2, 0.25) is 0 Å². The highest BCUT2D eigenvalue weighted by Crippen LogP contribution is 2.06. The second-order valence-electron chi connectivity index (χ2n) is 2.68. The first-order chi connectivity index (χ1) is 5.97. The zero-order valence-corrected chi connectivity index (χ0v) is 8.73. The van der Waals surface area contributed by atoms with Gasteiger partial charge in [0, 0.05) is 11.2 Å². The average molecular weight is 218 g/mol. The van der Waals surface area contributed by atoms with Crippen LogP contribution in [-0.4, -0.2) is 8.76 Å². The van der Waals surface area contributed by atoms with Crippen molar-refractivity contribution >= 4 is 20.2 Å². The van der Waals surface area contributed by atoms with E-state index < -0.39 is 9.05 Å². The number of rotatable bonds is 3. The van der Waals surface area contributed by atoms with Crippen molar-refractivity contribution in [3.63, 3.8) is 0 Å². The van der Waals surface area contributed by atoms with E-state index in [1.54, 1.807) is 0 Å². The van der Waals surface area contributed by atoms with E-state index in [2.05, 4.69) is 15.4 Å². The molecule has 0 heterocycles. The Bertz CT molecular complexity index is 384. The van der Waals surface area contributed by atoms with Gasteiger partial charge in [-0.05, 0) is 12.5 Å². The van der Waals surface area contributed by atoms with Gasteiger partial charge in [0.1, 0.15) is 0 Å². The summed E-state index contributed by atoms with van der Waals surface area (Å²) in [5.41, 5.74) is 1.92. The quantitative estimate of drug-likeness (QED) is 0.838. The predicted molar refractivity (Wildman–Crippen MR) is 54.1 cm³/mol. The predicted octanol–water partition coefficient (Wildman–Crippen LogP) is 1.65. The Labute approximate surface area is 82.4 Å². The van der Waals surface area contributed by atoms with Gasteiger partial charge in [0.15, 0.2) is 0 Å². The van der Waals surface area contributed by atoms with Crippen molar-refractivity contribution in [1.82, 2.24) is 0 Å². The molecule has 1 unspecified atom stereocenters. The Morgan fingerprint density at radius 1 is 1.62 bits per heavy atom. The third-order valence-corrected chi connectivity index (χ3v) is 2.16. The summed E-state index contributed by atoms with van der Waals surface area (Å²) >= 11 is 4.18. The molecule has 0 aliphatic rings. The molecule has 0 radical (unpaired) electrons. The second-order valence-corrected chi connectivity index (χ2v) is 5.03. The lowest BCUT2D eigenvalue weighted by Crippen LogP contribution is -2.01. The van der Waals surface area contributed by atoms with Crippen LogP contribution in [0.4, 0.5) is 0 Å². The maximum Gasteiger partial charge on any atom is 0.266 e. The van der Waals surface area contributed by atoms with Crippen LogP contribution in [0.25, 0.3) is 0 Å². The highest BCUT2D eigenvalue weighted by Gasteiger charge is 2.00. The summed E-state index contributed by atoms with van der Waals surface area (Å²) in [5, 5.41) is 0. The van der Waals surface area contributed by atoms with Crippen molar-refractivity contribution in [1.29, 1.82) is 0 Å². The highest BCUT2D eigenvalue weighted by molar-refractivity contribution is 8.27. The standard InChI is InChI=1S/C8H10O3S2/c1-7-3-2-4-8(5-7)6-11-13(9,10)12/h2-5H,6H2,1H3,(H,9,10,12). The number of hydrogen-bond acceptors (Lipinski definition) is 3.